The average molecular weight is 250 g/mol. The Morgan fingerprint density at radius 2 is 2.24 bits per heavy atom. The van der Waals surface area contributed by atoms with Crippen molar-refractivity contribution in [1.82, 2.24) is 20.1 Å². The van der Waals surface area contributed by atoms with Crippen LogP contribution in [0.25, 0.3) is 0 Å². The Morgan fingerprint density at radius 1 is 1.41 bits per heavy atom. The van der Waals surface area contributed by atoms with E-state index in [9.17, 15) is 0 Å². The predicted octanol–water partition coefficient (Wildman–Crippen LogP) is 2.04. The number of nitrogens with zero attached hydrogens (tertiary/aromatic N) is 3. The van der Waals surface area contributed by atoms with Gasteiger partial charge in [-0.05, 0) is 19.4 Å². The van der Waals surface area contributed by atoms with E-state index in [1.165, 1.54) is 10.6 Å². The third-order valence-electron chi connectivity index (χ3n) is 2.66. The smallest absolute Gasteiger partial charge is 0.0897 e. The molecule has 0 aromatic carbocycles. The van der Waals surface area contributed by atoms with E-state index in [2.05, 4.69) is 28.4 Å². The van der Waals surface area contributed by atoms with Crippen LogP contribution >= 0.6 is 11.3 Å². The van der Waals surface area contributed by atoms with Crippen LogP contribution in [0.15, 0.2) is 12.3 Å². The van der Waals surface area contributed by atoms with Crippen LogP contribution in [0.1, 0.15) is 28.2 Å². The number of hydrogen-bond donors (Lipinski definition) is 1. The molecule has 0 aliphatic heterocycles. The fourth-order valence-electron chi connectivity index (χ4n) is 1.71. The normalized spacial score (nSPS) is 11.0. The first kappa shape index (κ1) is 12.3. The Balaban J connectivity index is 1.87. The molecule has 4 nitrogen and oxygen atoms in total. The lowest BCUT2D eigenvalue weighted by Crippen LogP contribution is -2.14. The SMILES string of the molecule is CCc1cc(CNCc2cnc(C)s2)n(C)n1. The molecule has 0 unspecified atom stereocenters. The minimum Gasteiger partial charge on any atom is -0.306 e. The molecule has 5 heteroatoms. The van der Waals surface area contributed by atoms with Crippen molar-refractivity contribution < 1.29 is 0 Å². The summed E-state index contributed by atoms with van der Waals surface area (Å²) in [5.74, 6) is 0. The summed E-state index contributed by atoms with van der Waals surface area (Å²) in [5, 5.41) is 8.97. The zero-order valence-corrected chi connectivity index (χ0v) is 11.3. The van der Waals surface area contributed by atoms with Crippen molar-refractivity contribution in [2.45, 2.75) is 33.4 Å². The fourth-order valence-corrected chi connectivity index (χ4v) is 2.48. The van der Waals surface area contributed by atoms with Crippen LogP contribution in [0.5, 0.6) is 0 Å². The second-order valence-electron chi connectivity index (χ2n) is 4.05. The summed E-state index contributed by atoms with van der Waals surface area (Å²) >= 11 is 1.74. The summed E-state index contributed by atoms with van der Waals surface area (Å²) in [4.78, 5) is 5.52. The van der Waals surface area contributed by atoms with Gasteiger partial charge in [-0.25, -0.2) is 4.98 Å². The van der Waals surface area contributed by atoms with E-state index < -0.39 is 0 Å². The van der Waals surface area contributed by atoms with E-state index >= 15 is 0 Å². The van der Waals surface area contributed by atoms with Gasteiger partial charge in [0.1, 0.15) is 0 Å². The van der Waals surface area contributed by atoms with Crippen LogP contribution < -0.4 is 5.32 Å². The summed E-state index contributed by atoms with van der Waals surface area (Å²) in [7, 11) is 1.99. The van der Waals surface area contributed by atoms with Gasteiger partial charge in [-0.3, -0.25) is 4.68 Å². The van der Waals surface area contributed by atoms with Gasteiger partial charge in [0.15, 0.2) is 0 Å². The number of hydrogen-bond acceptors (Lipinski definition) is 4. The van der Waals surface area contributed by atoms with E-state index in [0.717, 1.165) is 30.2 Å². The maximum Gasteiger partial charge on any atom is 0.0897 e. The van der Waals surface area contributed by atoms with Crippen molar-refractivity contribution in [2.24, 2.45) is 7.05 Å². The van der Waals surface area contributed by atoms with Crippen LogP contribution in [0.3, 0.4) is 0 Å². The predicted molar refractivity (Wildman–Crippen MR) is 70.0 cm³/mol. The molecule has 0 aliphatic carbocycles. The number of aromatic nitrogens is 3. The summed E-state index contributed by atoms with van der Waals surface area (Å²) in [6.45, 7) is 5.88. The summed E-state index contributed by atoms with van der Waals surface area (Å²) < 4.78 is 1.95. The molecule has 2 aromatic heterocycles. The number of thiazole rings is 1. The molecule has 17 heavy (non-hydrogen) atoms. The maximum atomic E-state index is 4.43. The van der Waals surface area contributed by atoms with Gasteiger partial charge in [-0.2, -0.15) is 5.10 Å². The molecule has 0 atom stereocenters. The van der Waals surface area contributed by atoms with Crippen molar-refractivity contribution >= 4 is 11.3 Å². The molecule has 0 bridgehead atoms. The molecule has 92 valence electrons. The Hall–Kier alpha value is -1.20. The molecular weight excluding hydrogens is 232 g/mol. The summed E-state index contributed by atoms with van der Waals surface area (Å²) in [6.07, 6.45) is 2.93. The zero-order chi connectivity index (χ0) is 12.3. The van der Waals surface area contributed by atoms with E-state index in [0.29, 0.717) is 0 Å². The summed E-state index contributed by atoms with van der Waals surface area (Å²) in [5.41, 5.74) is 2.38. The number of nitrogens with one attached hydrogen (secondary N) is 1. The van der Waals surface area contributed by atoms with Crippen molar-refractivity contribution in [3.63, 3.8) is 0 Å². The van der Waals surface area contributed by atoms with E-state index in [1.54, 1.807) is 11.3 Å². The molecule has 0 saturated carbocycles. The highest BCUT2D eigenvalue weighted by Gasteiger charge is 2.03. The molecule has 0 fully saturated rings. The zero-order valence-electron chi connectivity index (χ0n) is 10.5. The van der Waals surface area contributed by atoms with Gasteiger partial charge in [-0.15, -0.1) is 11.3 Å². The first-order valence-corrected chi connectivity index (χ1v) is 6.64. The maximum absolute atomic E-state index is 4.43. The largest absolute Gasteiger partial charge is 0.306 e. The fraction of sp³-hybridized carbons (Fsp3) is 0.500. The minimum atomic E-state index is 0.848. The van der Waals surface area contributed by atoms with Crippen LogP contribution in [0, 0.1) is 6.92 Å². The Morgan fingerprint density at radius 3 is 2.82 bits per heavy atom. The van der Waals surface area contributed by atoms with Crippen LogP contribution in [0.2, 0.25) is 0 Å². The van der Waals surface area contributed by atoms with Crippen LogP contribution in [-0.2, 0) is 26.6 Å². The second-order valence-corrected chi connectivity index (χ2v) is 5.37. The molecule has 2 heterocycles. The highest BCUT2D eigenvalue weighted by Crippen LogP contribution is 2.11. The van der Waals surface area contributed by atoms with Crippen molar-refractivity contribution in [3.05, 3.63) is 33.5 Å². The lowest BCUT2D eigenvalue weighted by molar-refractivity contribution is 0.626. The van der Waals surface area contributed by atoms with Gasteiger partial charge in [0.05, 0.1) is 16.4 Å². The highest BCUT2D eigenvalue weighted by molar-refractivity contribution is 7.11. The van der Waals surface area contributed by atoms with Crippen molar-refractivity contribution in [3.8, 4) is 0 Å². The third-order valence-corrected chi connectivity index (χ3v) is 3.58. The van der Waals surface area contributed by atoms with Gasteiger partial charge in [0, 0.05) is 31.2 Å². The third kappa shape index (κ3) is 3.14. The second kappa shape index (κ2) is 5.42. The molecule has 1 N–H and O–H groups in total. The van der Waals surface area contributed by atoms with E-state index in [1.807, 2.05) is 24.9 Å². The number of rotatable bonds is 5. The lowest BCUT2D eigenvalue weighted by atomic mass is 10.3. The molecule has 2 aromatic rings. The summed E-state index contributed by atoms with van der Waals surface area (Å²) in [6, 6.07) is 2.16. The van der Waals surface area contributed by atoms with Gasteiger partial charge in [0.2, 0.25) is 0 Å². The molecule has 2 rings (SSSR count). The topological polar surface area (TPSA) is 42.7 Å². The molecule has 0 aliphatic rings. The van der Waals surface area contributed by atoms with Gasteiger partial charge < -0.3 is 5.32 Å². The molecule has 0 amide bonds. The average Bonchev–Trinajstić information content (AvgIpc) is 2.86. The molecular formula is C12H18N4S. The Labute approximate surface area is 106 Å². The minimum absolute atomic E-state index is 0.848. The Kier molecular flexibility index (Phi) is 3.91. The monoisotopic (exact) mass is 250 g/mol. The van der Waals surface area contributed by atoms with Crippen molar-refractivity contribution in [2.75, 3.05) is 0 Å². The van der Waals surface area contributed by atoms with Gasteiger partial charge in [-0.1, -0.05) is 6.92 Å². The van der Waals surface area contributed by atoms with Crippen LogP contribution in [-0.4, -0.2) is 14.8 Å². The number of aryl methyl sites for hydroxylation is 3. The van der Waals surface area contributed by atoms with Gasteiger partial charge >= 0.3 is 0 Å². The first-order chi connectivity index (χ1) is 8.19. The Bertz CT molecular complexity index is 486. The van der Waals surface area contributed by atoms with Gasteiger partial charge in [0.25, 0.3) is 0 Å². The molecule has 0 radical (unpaired) electrons. The molecule has 0 saturated heterocycles. The quantitative estimate of drug-likeness (QED) is 0.883. The highest BCUT2D eigenvalue weighted by atomic mass is 32.1. The van der Waals surface area contributed by atoms with E-state index in [4.69, 9.17) is 0 Å². The van der Waals surface area contributed by atoms with Crippen molar-refractivity contribution in [1.29, 1.82) is 0 Å². The first-order valence-electron chi connectivity index (χ1n) is 5.83. The van der Waals surface area contributed by atoms with E-state index in [-0.39, 0.29) is 0 Å². The standard InChI is InChI=1S/C12H18N4S/c1-4-10-5-11(16(3)15-10)6-13-7-12-8-14-9(2)17-12/h5,8,13H,4,6-7H2,1-3H3. The lowest BCUT2D eigenvalue weighted by Gasteiger charge is -2.02. The molecule has 0 spiro atoms. The van der Waals surface area contributed by atoms with Crippen LogP contribution in [0.4, 0.5) is 0 Å².